The van der Waals surface area contributed by atoms with Gasteiger partial charge in [-0.1, -0.05) is 0 Å². The lowest BCUT2D eigenvalue weighted by Gasteiger charge is -2.10. The second-order valence-electron chi connectivity index (χ2n) is 4.27. The van der Waals surface area contributed by atoms with E-state index in [-0.39, 0.29) is 11.7 Å². The lowest BCUT2D eigenvalue weighted by molar-refractivity contribution is 0.595. The molecule has 94 valence electrons. The van der Waals surface area contributed by atoms with Crippen molar-refractivity contribution < 1.29 is 8.42 Å². The van der Waals surface area contributed by atoms with Crippen LogP contribution in [-0.4, -0.2) is 36.4 Å². The molecule has 2 rings (SSSR count). The van der Waals surface area contributed by atoms with Crippen LogP contribution in [0.1, 0.15) is 12.2 Å². The normalized spacial score (nSPS) is 22.6. The number of nitrogens with one attached hydrogen (secondary N) is 1. The van der Waals surface area contributed by atoms with Gasteiger partial charge in [-0.05, 0) is 35.2 Å². The summed E-state index contributed by atoms with van der Waals surface area (Å²) in [6.07, 6.45) is 0.737. The van der Waals surface area contributed by atoms with Gasteiger partial charge in [0.15, 0.2) is 9.84 Å². The molecule has 1 aliphatic heterocycles. The third-order valence-corrected chi connectivity index (χ3v) is 4.95. The Morgan fingerprint density at radius 3 is 2.88 bits per heavy atom. The Morgan fingerprint density at radius 1 is 1.53 bits per heavy atom. The van der Waals surface area contributed by atoms with Gasteiger partial charge in [-0.2, -0.15) is 0 Å². The fourth-order valence-electron chi connectivity index (χ4n) is 1.90. The van der Waals surface area contributed by atoms with Crippen LogP contribution in [0.3, 0.4) is 0 Å². The first kappa shape index (κ1) is 12.8. The predicted octanol–water partition coefficient (Wildman–Crippen LogP) is 1.39. The van der Waals surface area contributed by atoms with Crippen LogP contribution in [0.2, 0.25) is 0 Å². The molecular weight excluding hydrogens is 306 g/mol. The van der Waals surface area contributed by atoms with Gasteiger partial charge >= 0.3 is 0 Å². The summed E-state index contributed by atoms with van der Waals surface area (Å²) in [6.45, 7) is 2.46. The maximum atomic E-state index is 11.3. The van der Waals surface area contributed by atoms with Gasteiger partial charge in [0.25, 0.3) is 0 Å². The highest BCUT2D eigenvalue weighted by Crippen LogP contribution is 2.19. The van der Waals surface area contributed by atoms with Gasteiger partial charge in [0, 0.05) is 12.6 Å². The molecule has 0 saturated carbocycles. The van der Waals surface area contributed by atoms with Crippen LogP contribution in [0.25, 0.3) is 0 Å². The van der Waals surface area contributed by atoms with Crippen molar-refractivity contribution in [2.24, 2.45) is 5.92 Å². The van der Waals surface area contributed by atoms with Crippen LogP contribution < -0.4 is 5.32 Å². The van der Waals surface area contributed by atoms with E-state index in [4.69, 9.17) is 0 Å². The van der Waals surface area contributed by atoms with E-state index in [0.29, 0.717) is 18.1 Å². The van der Waals surface area contributed by atoms with Crippen molar-refractivity contribution in [3.8, 4) is 0 Å². The molecule has 0 bridgehead atoms. The number of hydrogen-bond acceptors (Lipinski definition) is 5. The molecule has 0 radical (unpaired) electrons. The van der Waals surface area contributed by atoms with E-state index in [1.807, 2.05) is 6.92 Å². The molecule has 1 aromatic heterocycles. The molecule has 1 fully saturated rings. The average molecular weight is 320 g/mol. The van der Waals surface area contributed by atoms with Crippen LogP contribution >= 0.6 is 15.9 Å². The van der Waals surface area contributed by atoms with Gasteiger partial charge < -0.3 is 5.32 Å². The Kier molecular flexibility index (Phi) is 3.67. The number of hydrogen-bond donors (Lipinski definition) is 1. The average Bonchev–Trinajstić information content (AvgIpc) is 2.54. The minimum atomic E-state index is -2.80. The number of halogens is 1. The lowest BCUT2D eigenvalue weighted by atomic mass is 10.1. The number of aryl methyl sites for hydroxylation is 1. The number of nitrogens with zero attached hydrogens (tertiary/aromatic N) is 2. The van der Waals surface area contributed by atoms with Gasteiger partial charge in [0.1, 0.15) is 16.2 Å². The first-order valence-corrected chi connectivity index (χ1v) is 8.01. The molecule has 1 saturated heterocycles. The summed E-state index contributed by atoms with van der Waals surface area (Å²) in [7, 11) is -2.80. The van der Waals surface area contributed by atoms with Crippen molar-refractivity contribution in [2.75, 3.05) is 23.4 Å². The van der Waals surface area contributed by atoms with Crippen molar-refractivity contribution >= 4 is 31.6 Å². The maximum absolute atomic E-state index is 11.3. The molecule has 2 heterocycles. The summed E-state index contributed by atoms with van der Waals surface area (Å²) in [4.78, 5) is 8.34. The molecular formula is C10H14BrN3O2S. The van der Waals surface area contributed by atoms with E-state index < -0.39 is 9.84 Å². The number of aromatic nitrogens is 2. The molecule has 0 aromatic carbocycles. The summed E-state index contributed by atoms with van der Waals surface area (Å²) >= 11 is 3.30. The molecule has 1 unspecified atom stereocenters. The Hall–Kier alpha value is -0.690. The van der Waals surface area contributed by atoms with Crippen LogP contribution in [0.5, 0.6) is 0 Å². The van der Waals surface area contributed by atoms with Gasteiger partial charge in [0.05, 0.1) is 11.5 Å². The molecule has 0 amide bonds. The molecule has 7 heteroatoms. The Labute approximate surface area is 109 Å². The Balaban J connectivity index is 1.94. The van der Waals surface area contributed by atoms with E-state index in [2.05, 4.69) is 31.2 Å². The second kappa shape index (κ2) is 4.89. The smallest absolute Gasteiger partial charge is 0.150 e. The maximum Gasteiger partial charge on any atom is 0.150 e. The number of anilines is 1. The summed E-state index contributed by atoms with van der Waals surface area (Å²) in [5.74, 6) is 2.19. The van der Waals surface area contributed by atoms with E-state index in [0.717, 1.165) is 16.8 Å². The first-order valence-electron chi connectivity index (χ1n) is 5.40. The minimum absolute atomic E-state index is 0.189. The highest BCUT2D eigenvalue weighted by Gasteiger charge is 2.27. The summed E-state index contributed by atoms with van der Waals surface area (Å²) in [5.41, 5.74) is 0. The molecule has 0 spiro atoms. The zero-order valence-corrected chi connectivity index (χ0v) is 11.9. The van der Waals surface area contributed by atoms with Crippen LogP contribution in [0.15, 0.2) is 10.7 Å². The van der Waals surface area contributed by atoms with E-state index >= 15 is 0 Å². The summed E-state index contributed by atoms with van der Waals surface area (Å²) < 4.78 is 23.3. The van der Waals surface area contributed by atoms with Crippen molar-refractivity contribution in [1.29, 1.82) is 0 Å². The monoisotopic (exact) mass is 319 g/mol. The molecule has 1 atom stereocenters. The first-order chi connectivity index (χ1) is 7.94. The van der Waals surface area contributed by atoms with Crippen LogP contribution in [0.4, 0.5) is 5.82 Å². The van der Waals surface area contributed by atoms with E-state index in [9.17, 15) is 8.42 Å². The quantitative estimate of drug-likeness (QED) is 0.852. The highest BCUT2D eigenvalue weighted by atomic mass is 79.9. The largest absolute Gasteiger partial charge is 0.370 e. The second-order valence-corrected chi connectivity index (χ2v) is 7.31. The SMILES string of the molecule is Cc1nc(Br)cc(NCC2CCS(=O)(=O)C2)n1. The minimum Gasteiger partial charge on any atom is -0.370 e. The van der Waals surface area contributed by atoms with Crippen LogP contribution in [0, 0.1) is 12.8 Å². The standard InChI is InChI=1S/C10H14BrN3O2S/c1-7-13-9(11)4-10(14-7)12-5-8-2-3-17(15,16)6-8/h4,8H,2-3,5-6H2,1H3,(H,12,13,14). The van der Waals surface area contributed by atoms with Crippen molar-refractivity contribution in [3.05, 3.63) is 16.5 Å². The third kappa shape index (κ3) is 3.64. The Bertz CT molecular complexity index is 498. The molecule has 0 aliphatic carbocycles. The fourth-order valence-corrected chi connectivity index (χ4v) is 4.24. The summed E-state index contributed by atoms with van der Waals surface area (Å²) in [5, 5.41) is 3.16. The van der Waals surface area contributed by atoms with Crippen molar-refractivity contribution in [3.63, 3.8) is 0 Å². The van der Waals surface area contributed by atoms with Crippen molar-refractivity contribution in [2.45, 2.75) is 13.3 Å². The summed E-state index contributed by atoms with van der Waals surface area (Å²) in [6, 6.07) is 1.79. The third-order valence-electron chi connectivity index (χ3n) is 2.71. The molecule has 1 aliphatic rings. The van der Waals surface area contributed by atoms with Crippen LogP contribution in [-0.2, 0) is 9.84 Å². The predicted molar refractivity (Wildman–Crippen MR) is 69.7 cm³/mol. The lowest BCUT2D eigenvalue weighted by Crippen LogP contribution is -2.16. The number of rotatable bonds is 3. The highest BCUT2D eigenvalue weighted by molar-refractivity contribution is 9.10. The van der Waals surface area contributed by atoms with Gasteiger partial charge in [0.2, 0.25) is 0 Å². The topological polar surface area (TPSA) is 72.0 Å². The molecule has 17 heavy (non-hydrogen) atoms. The zero-order chi connectivity index (χ0) is 12.5. The van der Waals surface area contributed by atoms with Gasteiger partial charge in [-0.25, -0.2) is 18.4 Å². The fraction of sp³-hybridized carbons (Fsp3) is 0.600. The van der Waals surface area contributed by atoms with E-state index in [1.54, 1.807) is 6.07 Å². The van der Waals surface area contributed by atoms with Crippen molar-refractivity contribution in [1.82, 2.24) is 9.97 Å². The molecule has 1 N–H and O–H groups in total. The Morgan fingerprint density at radius 2 is 2.29 bits per heavy atom. The molecule has 5 nitrogen and oxygen atoms in total. The zero-order valence-electron chi connectivity index (χ0n) is 9.48. The van der Waals surface area contributed by atoms with Gasteiger partial charge in [-0.15, -0.1) is 0 Å². The van der Waals surface area contributed by atoms with E-state index in [1.165, 1.54) is 0 Å². The molecule has 1 aromatic rings. The number of sulfone groups is 1. The van der Waals surface area contributed by atoms with Gasteiger partial charge in [-0.3, -0.25) is 0 Å².